The molecule has 0 aliphatic carbocycles. The van der Waals surface area contributed by atoms with E-state index in [1.807, 2.05) is 12.1 Å². The van der Waals surface area contributed by atoms with Gasteiger partial charge in [0.25, 0.3) is 0 Å². The minimum Gasteiger partial charge on any atom is -0.508 e. The van der Waals surface area contributed by atoms with Crippen LogP contribution in [0.4, 0.5) is 0 Å². The molecule has 1 aromatic rings. The fourth-order valence-corrected chi connectivity index (χ4v) is 1.14. The Morgan fingerprint density at radius 1 is 1.23 bits per heavy atom. The SMILES string of the molecule is CC(C)C(N)Cc1ccc(O)cc1. The van der Waals surface area contributed by atoms with E-state index in [-0.39, 0.29) is 6.04 Å². The summed E-state index contributed by atoms with van der Waals surface area (Å²) in [7, 11) is 0. The predicted octanol–water partition coefficient (Wildman–Crippen LogP) is 1.92. The fraction of sp³-hybridized carbons (Fsp3) is 0.455. The lowest BCUT2D eigenvalue weighted by Gasteiger charge is -2.15. The Hall–Kier alpha value is -1.02. The summed E-state index contributed by atoms with van der Waals surface area (Å²) in [5.74, 6) is 0.802. The number of hydrogen-bond donors (Lipinski definition) is 2. The van der Waals surface area contributed by atoms with Gasteiger partial charge in [0.15, 0.2) is 0 Å². The van der Waals surface area contributed by atoms with Crippen LogP contribution in [0.25, 0.3) is 0 Å². The summed E-state index contributed by atoms with van der Waals surface area (Å²) in [5.41, 5.74) is 7.10. The second kappa shape index (κ2) is 4.28. The van der Waals surface area contributed by atoms with Gasteiger partial charge in [-0.05, 0) is 30.0 Å². The highest BCUT2D eigenvalue weighted by Gasteiger charge is 2.07. The van der Waals surface area contributed by atoms with Crippen molar-refractivity contribution in [2.24, 2.45) is 11.7 Å². The van der Waals surface area contributed by atoms with Crippen molar-refractivity contribution in [2.45, 2.75) is 26.3 Å². The van der Waals surface area contributed by atoms with Gasteiger partial charge in [-0.3, -0.25) is 0 Å². The van der Waals surface area contributed by atoms with E-state index in [1.165, 1.54) is 5.56 Å². The van der Waals surface area contributed by atoms with E-state index < -0.39 is 0 Å². The molecule has 72 valence electrons. The largest absolute Gasteiger partial charge is 0.508 e. The summed E-state index contributed by atoms with van der Waals surface area (Å²) in [6, 6.07) is 7.42. The molecule has 0 amide bonds. The van der Waals surface area contributed by atoms with Gasteiger partial charge >= 0.3 is 0 Å². The number of hydrogen-bond acceptors (Lipinski definition) is 2. The Balaban J connectivity index is 2.59. The second-order valence-corrected chi connectivity index (χ2v) is 3.78. The van der Waals surface area contributed by atoms with Crippen LogP contribution in [0.1, 0.15) is 19.4 Å². The zero-order valence-electron chi connectivity index (χ0n) is 8.20. The van der Waals surface area contributed by atoms with Crippen LogP contribution in [0.15, 0.2) is 24.3 Å². The third-order valence-corrected chi connectivity index (χ3v) is 2.26. The van der Waals surface area contributed by atoms with Crippen LogP contribution < -0.4 is 5.73 Å². The summed E-state index contributed by atoms with van der Waals surface area (Å²) in [4.78, 5) is 0. The predicted molar refractivity (Wildman–Crippen MR) is 54.6 cm³/mol. The lowest BCUT2D eigenvalue weighted by atomic mass is 9.97. The van der Waals surface area contributed by atoms with Crippen LogP contribution >= 0.6 is 0 Å². The van der Waals surface area contributed by atoms with Crippen molar-refractivity contribution >= 4 is 0 Å². The van der Waals surface area contributed by atoms with Crippen LogP contribution in [-0.4, -0.2) is 11.1 Å². The molecular formula is C11H17NO. The van der Waals surface area contributed by atoms with Crippen molar-refractivity contribution in [1.82, 2.24) is 0 Å². The van der Waals surface area contributed by atoms with Gasteiger partial charge in [0.2, 0.25) is 0 Å². The molecule has 0 aliphatic heterocycles. The Bertz CT molecular complexity index is 253. The molecule has 1 aromatic carbocycles. The van der Waals surface area contributed by atoms with E-state index in [0.717, 1.165) is 6.42 Å². The van der Waals surface area contributed by atoms with Gasteiger partial charge in [-0.25, -0.2) is 0 Å². The number of benzene rings is 1. The third kappa shape index (κ3) is 3.07. The van der Waals surface area contributed by atoms with Crippen molar-refractivity contribution in [2.75, 3.05) is 0 Å². The van der Waals surface area contributed by atoms with Crippen molar-refractivity contribution in [1.29, 1.82) is 0 Å². The first-order valence-electron chi connectivity index (χ1n) is 4.63. The normalized spacial score (nSPS) is 13.2. The number of aromatic hydroxyl groups is 1. The third-order valence-electron chi connectivity index (χ3n) is 2.26. The van der Waals surface area contributed by atoms with Crippen LogP contribution in [0.5, 0.6) is 5.75 Å². The minimum absolute atomic E-state index is 0.199. The van der Waals surface area contributed by atoms with Crippen molar-refractivity contribution in [3.8, 4) is 5.75 Å². The van der Waals surface area contributed by atoms with Crippen molar-refractivity contribution in [3.63, 3.8) is 0 Å². The molecule has 3 N–H and O–H groups in total. The van der Waals surface area contributed by atoms with Crippen LogP contribution in [0.2, 0.25) is 0 Å². The number of nitrogens with two attached hydrogens (primary N) is 1. The quantitative estimate of drug-likeness (QED) is 0.744. The maximum absolute atomic E-state index is 9.07. The molecule has 0 saturated carbocycles. The van der Waals surface area contributed by atoms with E-state index in [4.69, 9.17) is 10.8 Å². The maximum Gasteiger partial charge on any atom is 0.115 e. The molecule has 0 heterocycles. The first-order chi connectivity index (χ1) is 6.09. The number of phenolic OH excluding ortho intramolecular Hbond substituents is 1. The lowest BCUT2D eigenvalue weighted by molar-refractivity contribution is 0.473. The lowest BCUT2D eigenvalue weighted by Crippen LogP contribution is -2.28. The summed E-state index contributed by atoms with van der Waals surface area (Å²) < 4.78 is 0. The highest BCUT2D eigenvalue weighted by molar-refractivity contribution is 5.26. The number of rotatable bonds is 3. The van der Waals surface area contributed by atoms with Gasteiger partial charge < -0.3 is 10.8 Å². The summed E-state index contributed by atoms with van der Waals surface area (Å²) >= 11 is 0. The Kier molecular flexibility index (Phi) is 3.32. The summed E-state index contributed by atoms with van der Waals surface area (Å²) in [6.07, 6.45) is 0.873. The van der Waals surface area contributed by atoms with Crippen molar-refractivity contribution in [3.05, 3.63) is 29.8 Å². The van der Waals surface area contributed by atoms with Gasteiger partial charge in [0.1, 0.15) is 5.75 Å². The topological polar surface area (TPSA) is 46.2 Å². The molecular weight excluding hydrogens is 162 g/mol. The van der Waals surface area contributed by atoms with Gasteiger partial charge in [-0.1, -0.05) is 26.0 Å². The highest BCUT2D eigenvalue weighted by Crippen LogP contribution is 2.12. The first kappa shape index (κ1) is 10.1. The van der Waals surface area contributed by atoms with E-state index in [9.17, 15) is 0 Å². The molecule has 13 heavy (non-hydrogen) atoms. The number of phenols is 1. The molecule has 0 aliphatic rings. The standard InChI is InChI=1S/C11H17NO/c1-8(2)11(12)7-9-3-5-10(13)6-4-9/h3-6,8,11,13H,7,12H2,1-2H3. The molecule has 0 bridgehead atoms. The zero-order chi connectivity index (χ0) is 9.84. The molecule has 1 unspecified atom stereocenters. The van der Waals surface area contributed by atoms with Crippen LogP contribution in [-0.2, 0) is 6.42 Å². The van der Waals surface area contributed by atoms with Crippen LogP contribution in [0.3, 0.4) is 0 Å². The Morgan fingerprint density at radius 2 is 1.77 bits per heavy atom. The van der Waals surface area contributed by atoms with Gasteiger partial charge in [-0.15, -0.1) is 0 Å². The highest BCUT2D eigenvalue weighted by atomic mass is 16.3. The molecule has 0 aromatic heterocycles. The first-order valence-corrected chi connectivity index (χ1v) is 4.63. The molecule has 1 atom stereocenters. The molecule has 2 heteroatoms. The van der Waals surface area contributed by atoms with Crippen molar-refractivity contribution < 1.29 is 5.11 Å². The smallest absolute Gasteiger partial charge is 0.115 e. The van der Waals surface area contributed by atoms with E-state index in [1.54, 1.807) is 12.1 Å². The van der Waals surface area contributed by atoms with E-state index >= 15 is 0 Å². The average molecular weight is 179 g/mol. The fourth-order valence-electron chi connectivity index (χ4n) is 1.14. The van der Waals surface area contributed by atoms with Crippen LogP contribution in [0, 0.1) is 5.92 Å². The summed E-state index contributed by atoms with van der Waals surface area (Å²) in [5, 5.41) is 9.07. The molecule has 0 radical (unpaired) electrons. The average Bonchev–Trinajstić information content (AvgIpc) is 2.08. The minimum atomic E-state index is 0.199. The molecule has 1 rings (SSSR count). The second-order valence-electron chi connectivity index (χ2n) is 3.78. The Morgan fingerprint density at radius 3 is 2.23 bits per heavy atom. The molecule has 0 fully saturated rings. The van der Waals surface area contributed by atoms with Gasteiger partial charge in [0, 0.05) is 6.04 Å². The molecule has 0 saturated heterocycles. The monoisotopic (exact) mass is 179 g/mol. The van der Waals surface area contributed by atoms with Gasteiger partial charge in [0.05, 0.1) is 0 Å². The molecule has 2 nitrogen and oxygen atoms in total. The zero-order valence-corrected chi connectivity index (χ0v) is 8.20. The van der Waals surface area contributed by atoms with Gasteiger partial charge in [-0.2, -0.15) is 0 Å². The molecule has 0 spiro atoms. The van der Waals surface area contributed by atoms with E-state index in [2.05, 4.69) is 13.8 Å². The van der Waals surface area contributed by atoms with E-state index in [0.29, 0.717) is 11.7 Å². The summed E-state index contributed by atoms with van der Waals surface area (Å²) in [6.45, 7) is 4.23. The Labute approximate surface area is 79.4 Å². The maximum atomic E-state index is 9.07.